The van der Waals surface area contributed by atoms with Crippen molar-refractivity contribution >= 4 is 18.0 Å². The van der Waals surface area contributed by atoms with Crippen LogP contribution in [0.2, 0.25) is 0 Å². The second kappa shape index (κ2) is 8.12. The van der Waals surface area contributed by atoms with E-state index in [0.29, 0.717) is 5.56 Å². The molecule has 0 aromatic heterocycles. The molecule has 0 spiro atoms. The first-order valence-electron chi connectivity index (χ1n) is 9.82. The molecule has 0 N–H and O–H groups in total. The number of carbonyl (C=O) groups excluding carboxylic acids is 2. The third-order valence-electron chi connectivity index (χ3n) is 5.85. The molecule has 2 unspecified atom stereocenters. The van der Waals surface area contributed by atoms with E-state index in [1.165, 1.54) is 4.90 Å². The van der Waals surface area contributed by atoms with Crippen LogP contribution in [0.3, 0.4) is 0 Å². The minimum Gasteiger partial charge on any atom is -0.461 e. The van der Waals surface area contributed by atoms with Gasteiger partial charge in [-0.05, 0) is 43.9 Å². The minimum absolute atomic E-state index is 0.0350. The molecule has 1 fully saturated rings. The van der Waals surface area contributed by atoms with E-state index in [4.69, 9.17) is 4.74 Å². The van der Waals surface area contributed by atoms with Crippen molar-refractivity contribution in [1.29, 1.82) is 0 Å². The topological polar surface area (TPSA) is 89.8 Å². The monoisotopic (exact) mass is 386 g/mol. The minimum atomic E-state index is -1.72. The van der Waals surface area contributed by atoms with Crippen molar-refractivity contribution < 1.29 is 19.2 Å². The summed E-state index contributed by atoms with van der Waals surface area (Å²) in [5.74, 6) is -1.27. The first-order chi connectivity index (χ1) is 13.4. The van der Waals surface area contributed by atoms with Crippen molar-refractivity contribution in [2.75, 3.05) is 6.61 Å². The lowest BCUT2D eigenvalue weighted by Gasteiger charge is -2.44. The fourth-order valence-corrected chi connectivity index (χ4v) is 4.41. The Bertz CT molecular complexity index is 800. The number of benzene rings is 1. The molecular formula is C21H26N2O5. The normalized spacial score (nSPS) is 23.0. The Hall–Kier alpha value is -2.70. The van der Waals surface area contributed by atoms with Gasteiger partial charge in [0.05, 0.1) is 6.61 Å². The van der Waals surface area contributed by atoms with Crippen LogP contribution in [0.1, 0.15) is 57.1 Å². The van der Waals surface area contributed by atoms with Gasteiger partial charge in [0.1, 0.15) is 5.54 Å². The number of nitrogens with zero attached hydrogens (tertiary/aromatic N) is 2. The molecular weight excluding hydrogens is 360 g/mol. The third-order valence-corrected chi connectivity index (χ3v) is 5.85. The summed E-state index contributed by atoms with van der Waals surface area (Å²) in [6.45, 7) is 3.24. The van der Waals surface area contributed by atoms with Gasteiger partial charge in [-0.25, -0.2) is 4.79 Å². The zero-order chi connectivity index (χ0) is 20.3. The van der Waals surface area contributed by atoms with E-state index in [1.807, 2.05) is 12.1 Å². The van der Waals surface area contributed by atoms with Gasteiger partial charge in [0.25, 0.3) is 0 Å². The second-order valence-corrected chi connectivity index (χ2v) is 7.53. The number of hydrogen-bond donors (Lipinski definition) is 0. The maximum atomic E-state index is 13.4. The molecule has 28 heavy (non-hydrogen) atoms. The van der Waals surface area contributed by atoms with Gasteiger partial charge in [-0.15, -0.1) is 0 Å². The predicted octanol–water partition coefficient (Wildman–Crippen LogP) is 3.50. The van der Waals surface area contributed by atoms with Gasteiger partial charge in [-0.1, -0.05) is 43.5 Å². The van der Waals surface area contributed by atoms with Crippen LogP contribution < -0.4 is 0 Å². The molecule has 1 amide bonds. The van der Waals surface area contributed by atoms with Gasteiger partial charge in [0, 0.05) is 17.0 Å². The molecule has 0 saturated heterocycles. The van der Waals surface area contributed by atoms with E-state index in [2.05, 4.69) is 0 Å². The van der Waals surface area contributed by atoms with Gasteiger partial charge < -0.3 is 9.64 Å². The lowest BCUT2D eigenvalue weighted by molar-refractivity contribution is -0.527. The quantitative estimate of drug-likeness (QED) is 0.439. The molecule has 2 aliphatic rings. The van der Waals surface area contributed by atoms with Crippen LogP contribution >= 0.6 is 0 Å². The molecule has 1 aromatic rings. The highest BCUT2D eigenvalue weighted by Gasteiger charge is 2.57. The summed E-state index contributed by atoms with van der Waals surface area (Å²) >= 11 is 0. The van der Waals surface area contributed by atoms with Crippen LogP contribution in [0.25, 0.3) is 6.08 Å². The van der Waals surface area contributed by atoms with E-state index >= 15 is 0 Å². The van der Waals surface area contributed by atoms with Crippen molar-refractivity contribution in [3.8, 4) is 0 Å². The highest BCUT2D eigenvalue weighted by Crippen LogP contribution is 2.42. The highest BCUT2D eigenvalue weighted by molar-refractivity contribution is 5.86. The maximum Gasteiger partial charge on any atom is 0.384 e. The zero-order valence-corrected chi connectivity index (χ0v) is 16.3. The molecule has 2 atom stereocenters. The second-order valence-electron chi connectivity index (χ2n) is 7.53. The summed E-state index contributed by atoms with van der Waals surface area (Å²) in [5, 5.41) is 12.0. The van der Waals surface area contributed by atoms with Crippen molar-refractivity contribution in [2.45, 2.75) is 57.5 Å². The summed E-state index contributed by atoms with van der Waals surface area (Å²) in [6.07, 6.45) is 7.94. The summed E-state index contributed by atoms with van der Waals surface area (Å²) in [6, 6.07) is 5.45. The van der Waals surface area contributed by atoms with Crippen molar-refractivity contribution in [1.82, 2.24) is 4.90 Å². The standard InChI is InChI=1S/C21H26N2O5/c1-3-28-20(25)18(23(26)27)21(2)17-12-8-7-9-15(17)13-14-22(21)19(24)16-10-5-4-6-11-16/h7-9,12-14,16,18H,3-6,10-11H2,1-2H3. The van der Waals surface area contributed by atoms with Crippen LogP contribution in [-0.2, 0) is 19.9 Å². The Kier molecular flexibility index (Phi) is 5.82. The van der Waals surface area contributed by atoms with Crippen LogP contribution in [0.15, 0.2) is 30.5 Å². The SMILES string of the molecule is CCOC(=O)C([N+](=O)[O-])C1(C)c2ccccc2C=CN1C(=O)C1CCCCC1. The lowest BCUT2D eigenvalue weighted by atomic mass is 9.77. The molecule has 1 aliphatic heterocycles. The first kappa shape index (κ1) is 20.0. The van der Waals surface area contributed by atoms with Crippen LogP contribution in [-0.4, -0.2) is 34.3 Å². The molecule has 1 aromatic carbocycles. The van der Waals surface area contributed by atoms with Gasteiger partial charge >= 0.3 is 12.0 Å². The number of amides is 1. The number of fused-ring (bicyclic) bond motifs is 1. The van der Waals surface area contributed by atoms with Crippen molar-refractivity contribution in [2.24, 2.45) is 5.92 Å². The van der Waals surface area contributed by atoms with Crippen LogP contribution in [0, 0.1) is 16.0 Å². The fourth-order valence-electron chi connectivity index (χ4n) is 4.41. The predicted molar refractivity (Wildman–Crippen MR) is 104 cm³/mol. The number of nitro groups is 1. The number of esters is 1. The van der Waals surface area contributed by atoms with Gasteiger partial charge in [0.2, 0.25) is 5.91 Å². The van der Waals surface area contributed by atoms with E-state index in [9.17, 15) is 19.7 Å². The molecule has 1 aliphatic carbocycles. The largest absolute Gasteiger partial charge is 0.461 e. The van der Waals surface area contributed by atoms with E-state index in [-0.39, 0.29) is 18.4 Å². The van der Waals surface area contributed by atoms with Crippen LogP contribution in [0.5, 0.6) is 0 Å². The lowest BCUT2D eigenvalue weighted by Crippen LogP contribution is -2.60. The van der Waals surface area contributed by atoms with Crippen LogP contribution in [0.4, 0.5) is 0 Å². The average molecular weight is 386 g/mol. The van der Waals surface area contributed by atoms with Gasteiger partial charge in [0.15, 0.2) is 0 Å². The Morgan fingerprint density at radius 1 is 1.29 bits per heavy atom. The fraction of sp³-hybridized carbons (Fsp3) is 0.524. The molecule has 7 heteroatoms. The first-order valence-corrected chi connectivity index (χ1v) is 9.82. The van der Waals surface area contributed by atoms with Crippen molar-refractivity contribution in [3.05, 3.63) is 51.7 Å². The van der Waals surface area contributed by atoms with E-state index in [1.54, 1.807) is 38.3 Å². The van der Waals surface area contributed by atoms with E-state index < -0.39 is 22.5 Å². The summed E-state index contributed by atoms with van der Waals surface area (Å²) in [7, 11) is 0. The molecule has 1 saturated carbocycles. The maximum absolute atomic E-state index is 13.4. The molecule has 3 rings (SSSR count). The number of ether oxygens (including phenoxy) is 1. The van der Waals surface area contributed by atoms with Gasteiger partial charge in [-0.3, -0.25) is 14.9 Å². The molecule has 0 radical (unpaired) electrons. The Morgan fingerprint density at radius 3 is 2.61 bits per heavy atom. The molecule has 0 bridgehead atoms. The molecule has 150 valence electrons. The number of carbonyl (C=O) groups is 2. The Labute approximate surface area is 164 Å². The van der Waals surface area contributed by atoms with E-state index in [0.717, 1.165) is 37.7 Å². The number of rotatable bonds is 5. The summed E-state index contributed by atoms with van der Waals surface area (Å²) in [4.78, 5) is 38.8. The molecule has 1 heterocycles. The highest BCUT2D eigenvalue weighted by atomic mass is 16.6. The van der Waals surface area contributed by atoms with Gasteiger partial charge in [-0.2, -0.15) is 0 Å². The zero-order valence-electron chi connectivity index (χ0n) is 16.3. The average Bonchev–Trinajstić information content (AvgIpc) is 2.68. The van der Waals surface area contributed by atoms with Crippen molar-refractivity contribution in [3.63, 3.8) is 0 Å². The Balaban J connectivity index is 2.11. The Morgan fingerprint density at radius 2 is 1.96 bits per heavy atom. The third kappa shape index (κ3) is 3.41. The molecule has 7 nitrogen and oxygen atoms in total. The summed E-state index contributed by atoms with van der Waals surface area (Å²) < 4.78 is 5.03. The summed E-state index contributed by atoms with van der Waals surface area (Å²) in [5.41, 5.74) is -0.124. The smallest absolute Gasteiger partial charge is 0.384 e. The number of hydrogen-bond acceptors (Lipinski definition) is 5.